The highest BCUT2D eigenvalue weighted by Crippen LogP contribution is 2.31. The highest BCUT2D eigenvalue weighted by molar-refractivity contribution is 9.10. The standard InChI is InChI=1S/C32H38BrN3O5S/c1-4-29(32(38)34-25-12-8-9-13-25)35(21-24-10-6-5-7-11-24)31(37)22-36(26-16-14-23(2)15-17-26)42(39,40)27-18-19-30(41-3)28(33)20-27/h5-7,10-11,14-20,25,29H,4,8-9,12-13,21-22H2,1-3H3,(H,34,38)/t29-/m1/s1. The Morgan fingerprint density at radius 2 is 1.69 bits per heavy atom. The number of benzene rings is 3. The Bertz CT molecular complexity index is 1480. The summed E-state index contributed by atoms with van der Waals surface area (Å²) in [5, 5.41) is 3.13. The summed E-state index contributed by atoms with van der Waals surface area (Å²) in [4.78, 5) is 29.2. The molecule has 0 heterocycles. The number of aryl methyl sites for hydroxylation is 1. The minimum absolute atomic E-state index is 0.00387. The molecule has 224 valence electrons. The number of carbonyl (C=O) groups is 2. The first kappa shape index (κ1) is 31.6. The predicted octanol–water partition coefficient (Wildman–Crippen LogP) is 5.83. The highest BCUT2D eigenvalue weighted by Gasteiger charge is 2.34. The molecule has 42 heavy (non-hydrogen) atoms. The van der Waals surface area contributed by atoms with Gasteiger partial charge in [-0.05, 0) is 78.0 Å². The van der Waals surface area contributed by atoms with Crippen LogP contribution in [-0.2, 0) is 26.2 Å². The number of anilines is 1. The second kappa shape index (κ2) is 14.2. The molecule has 0 aromatic heterocycles. The van der Waals surface area contributed by atoms with Gasteiger partial charge in [0.15, 0.2) is 0 Å². The quantitative estimate of drug-likeness (QED) is 0.265. The van der Waals surface area contributed by atoms with Crippen molar-refractivity contribution in [2.24, 2.45) is 0 Å². The van der Waals surface area contributed by atoms with Gasteiger partial charge in [0.2, 0.25) is 11.8 Å². The summed E-state index contributed by atoms with van der Waals surface area (Å²) in [6.45, 7) is 3.47. The van der Waals surface area contributed by atoms with Crippen molar-refractivity contribution in [3.8, 4) is 5.75 Å². The first-order valence-electron chi connectivity index (χ1n) is 14.2. The number of nitrogens with zero attached hydrogens (tertiary/aromatic N) is 2. The van der Waals surface area contributed by atoms with Crippen LogP contribution in [0.4, 0.5) is 5.69 Å². The van der Waals surface area contributed by atoms with Crippen LogP contribution in [0.1, 0.15) is 50.2 Å². The van der Waals surface area contributed by atoms with Crippen molar-refractivity contribution in [1.29, 1.82) is 0 Å². The van der Waals surface area contributed by atoms with E-state index in [9.17, 15) is 18.0 Å². The van der Waals surface area contributed by atoms with Crippen LogP contribution in [0.25, 0.3) is 0 Å². The van der Waals surface area contributed by atoms with E-state index in [0.717, 1.165) is 41.1 Å². The van der Waals surface area contributed by atoms with Gasteiger partial charge in [-0.25, -0.2) is 8.42 Å². The number of nitrogens with one attached hydrogen (secondary N) is 1. The van der Waals surface area contributed by atoms with E-state index in [-0.39, 0.29) is 23.4 Å². The summed E-state index contributed by atoms with van der Waals surface area (Å²) in [6.07, 6.45) is 4.37. The van der Waals surface area contributed by atoms with Gasteiger partial charge in [-0.1, -0.05) is 67.8 Å². The Morgan fingerprint density at radius 1 is 1.02 bits per heavy atom. The zero-order chi connectivity index (χ0) is 30.3. The lowest BCUT2D eigenvalue weighted by molar-refractivity contribution is -0.140. The van der Waals surface area contributed by atoms with Crippen molar-refractivity contribution in [3.05, 3.63) is 88.4 Å². The van der Waals surface area contributed by atoms with Crippen LogP contribution in [0.15, 0.2) is 82.2 Å². The molecule has 10 heteroatoms. The topological polar surface area (TPSA) is 96.0 Å². The van der Waals surface area contributed by atoms with Crippen molar-refractivity contribution in [3.63, 3.8) is 0 Å². The molecule has 1 atom stereocenters. The van der Waals surface area contributed by atoms with E-state index in [2.05, 4.69) is 21.2 Å². The summed E-state index contributed by atoms with van der Waals surface area (Å²) >= 11 is 3.38. The number of methoxy groups -OCH3 is 1. The lowest BCUT2D eigenvalue weighted by Crippen LogP contribution is -2.53. The summed E-state index contributed by atoms with van der Waals surface area (Å²) < 4.78 is 35.1. The van der Waals surface area contributed by atoms with E-state index in [4.69, 9.17) is 4.74 Å². The second-order valence-corrected chi connectivity index (χ2v) is 13.3. The number of amides is 2. The number of ether oxygens (including phenoxy) is 1. The molecule has 0 unspecified atom stereocenters. The number of halogens is 1. The Balaban J connectivity index is 1.71. The van der Waals surface area contributed by atoms with Gasteiger partial charge in [0.1, 0.15) is 18.3 Å². The molecule has 4 rings (SSSR count). The van der Waals surface area contributed by atoms with Crippen molar-refractivity contribution in [1.82, 2.24) is 10.2 Å². The monoisotopic (exact) mass is 655 g/mol. The molecule has 1 aliphatic rings. The molecule has 3 aromatic rings. The molecular formula is C32H38BrN3O5S. The third-order valence-corrected chi connectivity index (χ3v) is 9.98. The van der Waals surface area contributed by atoms with Crippen LogP contribution in [-0.4, -0.2) is 50.9 Å². The molecule has 2 amide bonds. The first-order chi connectivity index (χ1) is 20.1. The molecule has 0 bridgehead atoms. The number of hydrogen-bond acceptors (Lipinski definition) is 5. The van der Waals surface area contributed by atoms with Crippen molar-refractivity contribution >= 4 is 43.5 Å². The Hall–Kier alpha value is -3.37. The summed E-state index contributed by atoms with van der Waals surface area (Å²) in [5.41, 5.74) is 2.15. The maximum absolute atomic E-state index is 14.2. The van der Waals surface area contributed by atoms with E-state index in [1.54, 1.807) is 30.3 Å². The summed E-state index contributed by atoms with van der Waals surface area (Å²) in [7, 11) is -2.69. The lowest BCUT2D eigenvalue weighted by Gasteiger charge is -2.33. The maximum atomic E-state index is 14.2. The van der Waals surface area contributed by atoms with Gasteiger partial charge in [0.25, 0.3) is 10.0 Å². The summed E-state index contributed by atoms with van der Waals surface area (Å²) in [5.74, 6) is -0.193. The third kappa shape index (κ3) is 7.52. The van der Waals surface area contributed by atoms with Crippen molar-refractivity contribution < 1.29 is 22.7 Å². The molecule has 1 saturated carbocycles. The van der Waals surface area contributed by atoms with Gasteiger partial charge in [-0.2, -0.15) is 0 Å². The van der Waals surface area contributed by atoms with Gasteiger partial charge >= 0.3 is 0 Å². The van der Waals surface area contributed by atoms with Crippen molar-refractivity contribution in [2.45, 2.75) is 69.5 Å². The van der Waals surface area contributed by atoms with E-state index in [1.807, 2.05) is 44.2 Å². The SMILES string of the molecule is CC[C@H](C(=O)NC1CCCC1)N(Cc1ccccc1)C(=O)CN(c1ccc(C)cc1)S(=O)(=O)c1ccc(OC)c(Br)c1. The average molecular weight is 657 g/mol. The Morgan fingerprint density at radius 3 is 2.29 bits per heavy atom. The number of rotatable bonds is 12. The maximum Gasteiger partial charge on any atom is 0.264 e. The zero-order valence-corrected chi connectivity index (χ0v) is 26.7. The fourth-order valence-corrected chi connectivity index (χ4v) is 7.37. The van der Waals surface area contributed by atoms with Crippen LogP contribution in [0.2, 0.25) is 0 Å². The molecule has 3 aromatic carbocycles. The molecule has 0 spiro atoms. The lowest BCUT2D eigenvalue weighted by atomic mass is 10.1. The first-order valence-corrected chi connectivity index (χ1v) is 16.4. The minimum atomic E-state index is -4.19. The number of sulfonamides is 1. The largest absolute Gasteiger partial charge is 0.496 e. The fraction of sp³-hybridized carbons (Fsp3) is 0.375. The van der Waals surface area contributed by atoms with Crippen molar-refractivity contribution in [2.75, 3.05) is 18.0 Å². The van der Waals surface area contributed by atoms with E-state index >= 15 is 0 Å². The normalized spacial score (nSPS) is 14.3. The van der Waals surface area contributed by atoms with E-state index in [1.165, 1.54) is 24.1 Å². The van der Waals surface area contributed by atoms with Gasteiger partial charge in [-0.15, -0.1) is 0 Å². The molecule has 0 aliphatic heterocycles. The number of hydrogen-bond donors (Lipinski definition) is 1. The smallest absolute Gasteiger partial charge is 0.264 e. The molecular weight excluding hydrogens is 618 g/mol. The molecule has 1 aliphatic carbocycles. The minimum Gasteiger partial charge on any atom is -0.496 e. The van der Waals surface area contributed by atoms with Crippen LogP contribution in [0.5, 0.6) is 5.75 Å². The molecule has 0 saturated heterocycles. The Labute approximate surface area is 257 Å². The van der Waals surface area contributed by atoms with Gasteiger partial charge < -0.3 is 15.0 Å². The number of carbonyl (C=O) groups excluding carboxylic acids is 2. The van der Waals surface area contributed by atoms with Crippen LogP contribution >= 0.6 is 15.9 Å². The average Bonchev–Trinajstić information content (AvgIpc) is 3.49. The highest BCUT2D eigenvalue weighted by atomic mass is 79.9. The van der Waals surface area contributed by atoms with Crippen LogP contribution in [0, 0.1) is 6.92 Å². The van der Waals surface area contributed by atoms with Gasteiger partial charge in [0, 0.05) is 12.6 Å². The third-order valence-electron chi connectivity index (χ3n) is 7.60. The summed E-state index contributed by atoms with van der Waals surface area (Å²) in [6, 6.07) is 20.2. The Kier molecular flexibility index (Phi) is 10.7. The zero-order valence-electron chi connectivity index (χ0n) is 24.3. The van der Waals surface area contributed by atoms with Gasteiger partial charge in [0.05, 0.1) is 22.2 Å². The molecule has 1 N–H and O–H groups in total. The second-order valence-electron chi connectivity index (χ2n) is 10.6. The van der Waals surface area contributed by atoms with Gasteiger partial charge in [-0.3, -0.25) is 13.9 Å². The van der Waals surface area contributed by atoms with Crippen LogP contribution < -0.4 is 14.4 Å². The van der Waals surface area contributed by atoms with E-state index < -0.39 is 28.5 Å². The fourth-order valence-electron chi connectivity index (χ4n) is 5.24. The predicted molar refractivity (Wildman–Crippen MR) is 168 cm³/mol. The van der Waals surface area contributed by atoms with E-state index in [0.29, 0.717) is 22.3 Å². The molecule has 0 radical (unpaired) electrons. The molecule has 1 fully saturated rings. The molecule has 8 nitrogen and oxygen atoms in total. The van der Waals surface area contributed by atoms with Crippen LogP contribution in [0.3, 0.4) is 0 Å².